The first-order valence-corrected chi connectivity index (χ1v) is 9.90. The van der Waals surface area contributed by atoms with Crippen LogP contribution in [0.25, 0.3) is 0 Å². The number of anilines is 1. The van der Waals surface area contributed by atoms with Gasteiger partial charge in [0.1, 0.15) is 0 Å². The fourth-order valence-electron chi connectivity index (χ4n) is 3.22. The Kier molecular flexibility index (Phi) is 6.21. The average molecular weight is 379 g/mol. The standard InChI is InChI=1S/C19H25NO5S/c1-19(18(22)23-2)24-11-14(12-25-19)7-5-6-10-20-15-8-3-4-9-16(15)26-13-17(20)21/h3-4,8-9,14H,5-7,10-13H2,1-2H3. The lowest BCUT2D eigenvalue weighted by molar-refractivity contribution is -0.272. The van der Waals surface area contributed by atoms with Crippen LogP contribution < -0.4 is 4.90 Å². The summed E-state index contributed by atoms with van der Waals surface area (Å²) in [5.74, 6) is -0.851. The second kappa shape index (κ2) is 8.41. The number of esters is 1. The molecular formula is C19H25NO5S. The number of benzene rings is 1. The molecule has 0 atom stereocenters. The van der Waals surface area contributed by atoms with E-state index < -0.39 is 11.8 Å². The van der Waals surface area contributed by atoms with Crippen molar-refractivity contribution in [1.82, 2.24) is 0 Å². The van der Waals surface area contributed by atoms with Crippen LogP contribution >= 0.6 is 11.8 Å². The van der Waals surface area contributed by atoms with E-state index in [1.165, 1.54) is 12.0 Å². The molecule has 142 valence electrons. The zero-order valence-corrected chi connectivity index (χ0v) is 16.0. The quantitative estimate of drug-likeness (QED) is 0.559. The number of ether oxygens (including phenoxy) is 3. The molecule has 1 saturated heterocycles. The van der Waals surface area contributed by atoms with Gasteiger partial charge in [-0.05, 0) is 25.0 Å². The molecule has 0 saturated carbocycles. The number of amides is 1. The number of carbonyl (C=O) groups is 2. The normalized spacial score (nSPS) is 25.7. The minimum atomic E-state index is -1.28. The molecule has 1 aromatic rings. The summed E-state index contributed by atoms with van der Waals surface area (Å²) in [5, 5.41) is 0. The van der Waals surface area contributed by atoms with E-state index >= 15 is 0 Å². The van der Waals surface area contributed by atoms with E-state index in [9.17, 15) is 9.59 Å². The van der Waals surface area contributed by atoms with E-state index in [0.717, 1.165) is 31.5 Å². The number of unbranched alkanes of at least 4 members (excludes halogenated alkanes) is 1. The molecule has 0 N–H and O–H groups in total. The Morgan fingerprint density at radius 3 is 2.77 bits per heavy atom. The Bertz CT molecular complexity index is 657. The van der Waals surface area contributed by atoms with E-state index in [1.807, 2.05) is 23.1 Å². The van der Waals surface area contributed by atoms with Gasteiger partial charge in [-0.15, -0.1) is 11.8 Å². The third-order valence-corrected chi connectivity index (χ3v) is 5.84. The van der Waals surface area contributed by atoms with Gasteiger partial charge in [-0.25, -0.2) is 4.79 Å². The molecule has 2 aliphatic heterocycles. The highest BCUT2D eigenvalue weighted by Gasteiger charge is 2.41. The van der Waals surface area contributed by atoms with Crippen molar-refractivity contribution in [3.05, 3.63) is 24.3 Å². The molecule has 0 bridgehead atoms. The number of nitrogens with zero attached hydrogens (tertiary/aromatic N) is 1. The predicted octanol–water partition coefficient (Wildman–Crippen LogP) is 2.85. The molecule has 1 fully saturated rings. The molecular weight excluding hydrogens is 354 g/mol. The van der Waals surface area contributed by atoms with Crippen molar-refractivity contribution in [1.29, 1.82) is 0 Å². The van der Waals surface area contributed by atoms with Gasteiger partial charge < -0.3 is 19.1 Å². The van der Waals surface area contributed by atoms with E-state index in [-0.39, 0.29) is 11.8 Å². The molecule has 7 heteroatoms. The number of hydrogen-bond donors (Lipinski definition) is 0. The Labute approximate surface area is 158 Å². The van der Waals surface area contributed by atoms with Crippen LogP contribution in [0.5, 0.6) is 0 Å². The first-order chi connectivity index (χ1) is 12.5. The highest BCUT2D eigenvalue weighted by Crippen LogP contribution is 2.35. The van der Waals surface area contributed by atoms with Gasteiger partial charge in [0, 0.05) is 24.3 Å². The van der Waals surface area contributed by atoms with Crippen molar-refractivity contribution >= 4 is 29.3 Å². The smallest absolute Gasteiger partial charge is 0.366 e. The third kappa shape index (κ3) is 4.22. The molecule has 26 heavy (non-hydrogen) atoms. The van der Waals surface area contributed by atoms with Gasteiger partial charge in [-0.3, -0.25) is 4.79 Å². The van der Waals surface area contributed by atoms with Crippen LogP contribution in [0.3, 0.4) is 0 Å². The number of thioether (sulfide) groups is 1. The topological polar surface area (TPSA) is 65.1 Å². The number of carbonyl (C=O) groups excluding carboxylic acids is 2. The highest BCUT2D eigenvalue weighted by molar-refractivity contribution is 8.00. The van der Waals surface area contributed by atoms with Crippen LogP contribution in [0.15, 0.2) is 29.2 Å². The Balaban J connectivity index is 1.43. The molecule has 1 aromatic carbocycles. The Hall–Kier alpha value is -1.57. The fraction of sp³-hybridized carbons (Fsp3) is 0.579. The third-order valence-electron chi connectivity index (χ3n) is 4.80. The molecule has 0 unspecified atom stereocenters. The van der Waals surface area contributed by atoms with Gasteiger partial charge in [-0.2, -0.15) is 0 Å². The van der Waals surface area contributed by atoms with Gasteiger partial charge in [0.2, 0.25) is 5.91 Å². The van der Waals surface area contributed by atoms with Crippen molar-refractivity contribution < 1.29 is 23.8 Å². The fourth-order valence-corrected chi connectivity index (χ4v) is 4.15. The maximum Gasteiger partial charge on any atom is 0.366 e. The van der Waals surface area contributed by atoms with Crippen LogP contribution in [0, 0.1) is 5.92 Å². The summed E-state index contributed by atoms with van der Waals surface area (Å²) in [6.45, 7) is 3.28. The second-order valence-corrected chi connectivity index (χ2v) is 7.74. The largest absolute Gasteiger partial charge is 0.465 e. The lowest BCUT2D eigenvalue weighted by Gasteiger charge is -2.35. The van der Waals surface area contributed by atoms with Crippen LogP contribution in [-0.4, -0.2) is 50.3 Å². The Morgan fingerprint density at radius 2 is 2.04 bits per heavy atom. The first-order valence-electron chi connectivity index (χ1n) is 8.92. The molecule has 2 heterocycles. The van der Waals surface area contributed by atoms with Gasteiger partial charge in [0.15, 0.2) is 0 Å². The molecule has 0 radical (unpaired) electrons. The monoisotopic (exact) mass is 379 g/mol. The molecule has 0 aromatic heterocycles. The zero-order chi connectivity index (χ0) is 18.6. The number of methoxy groups -OCH3 is 1. The van der Waals surface area contributed by atoms with Crippen molar-refractivity contribution in [2.75, 3.05) is 37.5 Å². The summed E-state index contributed by atoms with van der Waals surface area (Å²) in [6, 6.07) is 8.05. The molecule has 0 aliphatic carbocycles. The van der Waals surface area contributed by atoms with Crippen LogP contribution in [0.1, 0.15) is 26.2 Å². The lowest BCUT2D eigenvalue weighted by Crippen LogP contribution is -2.48. The summed E-state index contributed by atoms with van der Waals surface area (Å²) < 4.78 is 15.9. The minimum absolute atomic E-state index is 0.173. The van der Waals surface area contributed by atoms with Crippen LogP contribution in [0.4, 0.5) is 5.69 Å². The lowest BCUT2D eigenvalue weighted by atomic mass is 10.0. The van der Waals surface area contributed by atoms with Crippen molar-refractivity contribution in [3.63, 3.8) is 0 Å². The highest BCUT2D eigenvalue weighted by atomic mass is 32.2. The van der Waals surface area contributed by atoms with E-state index in [1.54, 1.807) is 18.7 Å². The van der Waals surface area contributed by atoms with Crippen molar-refractivity contribution in [3.8, 4) is 0 Å². The maximum atomic E-state index is 12.2. The summed E-state index contributed by atoms with van der Waals surface area (Å²) >= 11 is 1.60. The molecule has 2 aliphatic rings. The van der Waals surface area contributed by atoms with Gasteiger partial charge in [-0.1, -0.05) is 18.6 Å². The maximum absolute atomic E-state index is 12.2. The van der Waals surface area contributed by atoms with Gasteiger partial charge in [0.25, 0.3) is 5.79 Å². The number of para-hydroxylation sites is 1. The van der Waals surface area contributed by atoms with Crippen LogP contribution in [-0.2, 0) is 23.8 Å². The summed E-state index contributed by atoms with van der Waals surface area (Å²) in [7, 11) is 1.32. The van der Waals surface area contributed by atoms with Crippen LogP contribution in [0.2, 0.25) is 0 Å². The summed E-state index contributed by atoms with van der Waals surface area (Å²) in [4.78, 5) is 27.0. The molecule has 3 rings (SSSR count). The van der Waals surface area contributed by atoms with E-state index in [0.29, 0.717) is 19.0 Å². The zero-order valence-electron chi connectivity index (χ0n) is 15.2. The minimum Gasteiger partial charge on any atom is -0.465 e. The molecule has 0 spiro atoms. The van der Waals surface area contributed by atoms with Crippen molar-refractivity contribution in [2.45, 2.75) is 36.9 Å². The van der Waals surface area contributed by atoms with E-state index in [2.05, 4.69) is 6.07 Å². The summed E-state index contributed by atoms with van der Waals surface area (Å²) in [5.41, 5.74) is 1.02. The predicted molar refractivity (Wildman–Crippen MR) is 99.2 cm³/mol. The van der Waals surface area contributed by atoms with E-state index in [4.69, 9.17) is 14.2 Å². The first kappa shape index (κ1) is 19.2. The Morgan fingerprint density at radius 1 is 1.31 bits per heavy atom. The molecule has 6 nitrogen and oxygen atoms in total. The van der Waals surface area contributed by atoms with Gasteiger partial charge in [0.05, 0.1) is 31.8 Å². The van der Waals surface area contributed by atoms with Crippen molar-refractivity contribution in [2.24, 2.45) is 5.92 Å². The average Bonchev–Trinajstić information content (AvgIpc) is 2.67. The number of fused-ring (bicyclic) bond motifs is 1. The number of rotatable bonds is 6. The second-order valence-electron chi connectivity index (χ2n) is 6.72. The van der Waals surface area contributed by atoms with Gasteiger partial charge >= 0.3 is 5.97 Å². The number of hydrogen-bond acceptors (Lipinski definition) is 6. The SMILES string of the molecule is COC(=O)C1(C)OCC(CCCCN2C(=O)CSc3ccccc32)CO1. The molecule has 1 amide bonds. The summed E-state index contributed by atoms with van der Waals surface area (Å²) in [6.07, 6.45) is 2.84.